The smallest absolute Gasteiger partial charge is 0.404 e. The molecular formula is C7H5ClF3NO3S. The minimum Gasteiger partial charge on any atom is -0.404 e. The minimum absolute atomic E-state index is 0.0708. The van der Waals surface area contributed by atoms with Crippen molar-refractivity contribution in [1.82, 2.24) is 0 Å². The number of benzene rings is 1. The quantitative estimate of drug-likeness (QED) is 0.896. The van der Waals surface area contributed by atoms with Crippen molar-refractivity contribution in [2.75, 3.05) is 0 Å². The van der Waals surface area contributed by atoms with E-state index in [1.807, 2.05) is 0 Å². The molecule has 0 unspecified atom stereocenters. The largest absolute Gasteiger partial charge is 0.573 e. The van der Waals surface area contributed by atoms with Gasteiger partial charge in [-0.25, -0.2) is 13.6 Å². The van der Waals surface area contributed by atoms with Crippen LogP contribution in [0.5, 0.6) is 5.75 Å². The Morgan fingerprint density at radius 2 is 1.88 bits per heavy atom. The van der Waals surface area contributed by atoms with Crippen molar-refractivity contribution < 1.29 is 26.3 Å². The van der Waals surface area contributed by atoms with Gasteiger partial charge in [0.1, 0.15) is 10.6 Å². The zero-order valence-corrected chi connectivity index (χ0v) is 9.03. The first kappa shape index (κ1) is 13.1. The molecule has 0 radical (unpaired) electrons. The van der Waals surface area contributed by atoms with E-state index in [1.165, 1.54) is 0 Å². The monoisotopic (exact) mass is 275 g/mol. The summed E-state index contributed by atoms with van der Waals surface area (Å²) in [6.45, 7) is 0. The number of ether oxygens (including phenoxy) is 1. The Balaban J connectivity index is 3.30. The van der Waals surface area contributed by atoms with Crippen molar-refractivity contribution in [3.8, 4) is 5.75 Å². The lowest BCUT2D eigenvalue weighted by Crippen LogP contribution is -2.21. The predicted octanol–water partition coefficient (Wildman–Crippen LogP) is 1.89. The Labute approximate surface area is 93.8 Å². The molecule has 0 aliphatic carbocycles. The topological polar surface area (TPSA) is 69.4 Å². The molecule has 2 N–H and O–H groups in total. The summed E-state index contributed by atoms with van der Waals surface area (Å²) in [4.78, 5) is -0.822. The maximum atomic E-state index is 11.9. The summed E-state index contributed by atoms with van der Waals surface area (Å²) in [6, 6.07) is 2.60. The first-order valence-corrected chi connectivity index (χ1v) is 5.60. The fraction of sp³-hybridized carbons (Fsp3) is 0.143. The molecule has 1 aromatic carbocycles. The van der Waals surface area contributed by atoms with Crippen LogP contribution < -0.4 is 9.88 Å². The molecule has 0 bridgehead atoms. The minimum atomic E-state index is -5.01. The number of rotatable bonds is 2. The molecule has 0 aliphatic rings. The van der Waals surface area contributed by atoms with Gasteiger partial charge in [-0.05, 0) is 18.2 Å². The first-order valence-electron chi connectivity index (χ1n) is 3.68. The van der Waals surface area contributed by atoms with E-state index in [4.69, 9.17) is 16.7 Å². The SMILES string of the molecule is NS(=O)(=O)c1cc(Cl)ccc1OC(F)(F)F. The van der Waals surface area contributed by atoms with E-state index < -0.39 is 27.0 Å². The van der Waals surface area contributed by atoms with E-state index in [0.717, 1.165) is 18.2 Å². The van der Waals surface area contributed by atoms with Gasteiger partial charge in [0.05, 0.1) is 0 Å². The fourth-order valence-corrected chi connectivity index (χ4v) is 1.83. The highest BCUT2D eigenvalue weighted by molar-refractivity contribution is 7.89. The van der Waals surface area contributed by atoms with Gasteiger partial charge >= 0.3 is 6.36 Å². The lowest BCUT2D eigenvalue weighted by molar-refractivity contribution is -0.275. The molecular weight excluding hydrogens is 271 g/mol. The van der Waals surface area contributed by atoms with Crippen molar-refractivity contribution in [2.45, 2.75) is 11.3 Å². The molecule has 0 aliphatic heterocycles. The summed E-state index contributed by atoms with van der Waals surface area (Å²) in [5.74, 6) is -0.917. The van der Waals surface area contributed by atoms with Crippen molar-refractivity contribution in [2.24, 2.45) is 5.14 Å². The molecule has 0 amide bonds. The van der Waals surface area contributed by atoms with Crippen LogP contribution in [0.3, 0.4) is 0 Å². The Hall–Kier alpha value is -0.990. The zero-order valence-electron chi connectivity index (χ0n) is 7.45. The molecule has 0 aromatic heterocycles. The summed E-state index contributed by atoms with van der Waals surface area (Å²) in [5, 5.41) is 4.64. The van der Waals surface area contributed by atoms with Gasteiger partial charge in [0.25, 0.3) is 0 Å². The highest BCUT2D eigenvalue weighted by Crippen LogP contribution is 2.30. The van der Waals surface area contributed by atoms with Crippen LogP contribution in [0, 0.1) is 0 Å². The molecule has 4 nitrogen and oxygen atoms in total. The molecule has 0 fully saturated rings. The molecule has 1 aromatic rings. The Morgan fingerprint density at radius 3 is 2.31 bits per heavy atom. The standard InChI is InChI=1S/C7H5ClF3NO3S/c8-4-1-2-5(15-7(9,10)11)6(3-4)16(12,13)14/h1-3H,(H2,12,13,14). The molecule has 0 atom stereocenters. The summed E-state index contributed by atoms with van der Waals surface area (Å²) < 4.78 is 61.2. The Bertz CT molecular complexity index is 500. The van der Waals surface area contributed by atoms with Crippen LogP contribution in [0.15, 0.2) is 23.1 Å². The number of primary sulfonamides is 1. The summed E-state index contributed by atoms with van der Waals surface area (Å²) in [5.41, 5.74) is 0. The van der Waals surface area contributed by atoms with Gasteiger partial charge in [0, 0.05) is 5.02 Å². The van der Waals surface area contributed by atoms with Crippen LogP contribution in [-0.2, 0) is 10.0 Å². The van der Waals surface area contributed by atoms with Crippen LogP contribution in [0.2, 0.25) is 5.02 Å². The second kappa shape index (κ2) is 4.11. The number of hydrogen-bond donors (Lipinski definition) is 1. The predicted molar refractivity (Wildman–Crippen MR) is 49.5 cm³/mol. The van der Waals surface area contributed by atoms with Crippen LogP contribution in [0.1, 0.15) is 0 Å². The van der Waals surface area contributed by atoms with Crippen molar-refractivity contribution in [3.63, 3.8) is 0 Å². The van der Waals surface area contributed by atoms with Crippen LogP contribution in [-0.4, -0.2) is 14.8 Å². The first-order chi connectivity index (χ1) is 7.09. The molecule has 1 rings (SSSR count). The lowest BCUT2D eigenvalue weighted by atomic mass is 10.3. The van der Waals surface area contributed by atoms with Crippen LogP contribution >= 0.6 is 11.6 Å². The Morgan fingerprint density at radius 1 is 1.31 bits per heavy atom. The summed E-state index contributed by atoms with van der Waals surface area (Å²) in [6.07, 6.45) is -5.01. The van der Waals surface area contributed by atoms with Crippen molar-refractivity contribution in [1.29, 1.82) is 0 Å². The van der Waals surface area contributed by atoms with E-state index in [9.17, 15) is 21.6 Å². The number of nitrogens with two attached hydrogens (primary N) is 1. The van der Waals surface area contributed by atoms with Gasteiger partial charge in [-0.3, -0.25) is 0 Å². The Kier molecular flexibility index (Phi) is 3.36. The maximum Gasteiger partial charge on any atom is 0.573 e. The zero-order chi connectivity index (χ0) is 12.6. The molecule has 0 saturated carbocycles. The molecule has 9 heteroatoms. The van der Waals surface area contributed by atoms with Gasteiger partial charge < -0.3 is 4.74 Å². The second-order valence-electron chi connectivity index (χ2n) is 2.68. The number of alkyl halides is 3. The van der Waals surface area contributed by atoms with E-state index in [0.29, 0.717) is 0 Å². The summed E-state index contributed by atoms with van der Waals surface area (Å²) in [7, 11) is -4.34. The van der Waals surface area contributed by atoms with Crippen molar-refractivity contribution in [3.05, 3.63) is 23.2 Å². The van der Waals surface area contributed by atoms with E-state index in [-0.39, 0.29) is 5.02 Å². The molecule has 0 heterocycles. The highest BCUT2D eigenvalue weighted by Gasteiger charge is 2.33. The number of sulfonamides is 1. The van der Waals surface area contributed by atoms with E-state index in [1.54, 1.807) is 0 Å². The fourth-order valence-electron chi connectivity index (χ4n) is 0.913. The third-order valence-corrected chi connectivity index (χ3v) is 2.61. The van der Waals surface area contributed by atoms with Gasteiger partial charge in [-0.1, -0.05) is 11.6 Å². The van der Waals surface area contributed by atoms with Gasteiger partial charge in [0.15, 0.2) is 0 Å². The second-order valence-corrected chi connectivity index (χ2v) is 4.65. The lowest BCUT2D eigenvalue weighted by Gasteiger charge is -2.11. The molecule has 0 saturated heterocycles. The van der Waals surface area contributed by atoms with Gasteiger partial charge in [0.2, 0.25) is 10.0 Å². The molecule has 90 valence electrons. The number of hydrogen-bond acceptors (Lipinski definition) is 3. The van der Waals surface area contributed by atoms with Crippen molar-refractivity contribution >= 4 is 21.6 Å². The van der Waals surface area contributed by atoms with Gasteiger partial charge in [-0.2, -0.15) is 0 Å². The maximum absolute atomic E-state index is 11.9. The molecule has 16 heavy (non-hydrogen) atoms. The van der Waals surface area contributed by atoms with Crippen LogP contribution in [0.25, 0.3) is 0 Å². The average Bonchev–Trinajstić information content (AvgIpc) is 2.04. The normalized spacial score (nSPS) is 12.6. The summed E-state index contributed by atoms with van der Waals surface area (Å²) >= 11 is 5.44. The van der Waals surface area contributed by atoms with E-state index in [2.05, 4.69) is 4.74 Å². The van der Waals surface area contributed by atoms with Gasteiger partial charge in [-0.15, -0.1) is 13.2 Å². The average molecular weight is 276 g/mol. The molecule has 0 spiro atoms. The van der Waals surface area contributed by atoms with E-state index >= 15 is 0 Å². The third kappa shape index (κ3) is 3.54. The third-order valence-electron chi connectivity index (χ3n) is 1.44. The van der Waals surface area contributed by atoms with Crippen LogP contribution in [0.4, 0.5) is 13.2 Å². The highest BCUT2D eigenvalue weighted by atomic mass is 35.5. The number of halogens is 4.